The lowest BCUT2D eigenvalue weighted by atomic mass is 9.98. The summed E-state index contributed by atoms with van der Waals surface area (Å²) in [7, 11) is 0. The van der Waals surface area contributed by atoms with Crippen molar-refractivity contribution in [1.82, 2.24) is 0 Å². The Hall–Kier alpha value is -2.14. The van der Waals surface area contributed by atoms with Gasteiger partial charge in [0.15, 0.2) is 0 Å². The molecule has 2 aromatic carbocycles. The van der Waals surface area contributed by atoms with Crippen LogP contribution in [0.2, 0.25) is 0 Å². The molecule has 0 amide bonds. The molecule has 0 unspecified atom stereocenters. The van der Waals surface area contributed by atoms with Crippen molar-refractivity contribution in [2.75, 3.05) is 0 Å². The van der Waals surface area contributed by atoms with Gasteiger partial charge in [-0.15, -0.1) is 0 Å². The topological polar surface area (TPSA) is 23.8 Å². The minimum atomic E-state index is -0.290. The van der Waals surface area contributed by atoms with Crippen molar-refractivity contribution in [1.29, 1.82) is 5.26 Å². The lowest BCUT2D eigenvalue weighted by molar-refractivity contribution is 0.628. The van der Waals surface area contributed by atoms with Crippen LogP contribution in [-0.4, -0.2) is 0 Å². The van der Waals surface area contributed by atoms with Crippen LogP contribution in [0.3, 0.4) is 0 Å². The van der Waals surface area contributed by atoms with Crippen molar-refractivity contribution in [3.05, 3.63) is 59.4 Å². The summed E-state index contributed by atoms with van der Waals surface area (Å²) in [4.78, 5) is 0. The fraction of sp³-hybridized carbons (Fsp3) is 0.0714. The molecule has 16 heavy (non-hydrogen) atoms. The number of rotatable bonds is 1. The summed E-state index contributed by atoms with van der Waals surface area (Å²) in [6.45, 7) is 1.93. The first-order valence-electron chi connectivity index (χ1n) is 4.97. The van der Waals surface area contributed by atoms with Crippen LogP contribution in [0, 0.1) is 24.1 Å². The van der Waals surface area contributed by atoms with Crippen LogP contribution in [0.1, 0.15) is 11.1 Å². The number of hydrogen-bond donors (Lipinski definition) is 0. The highest BCUT2D eigenvalue weighted by Crippen LogP contribution is 2.24. The van der Waals surface area contributed by atoms with E-state index in [-0.39, 0.29) is 5.82 Å². The third kappa shape index (κ3) is 1.94. The molecule has 0 bridgehead atoms. The van der Waals surface area contributed by atoms with Crippen molar-refractivity contribution in [3.8, 4) is 17.2 Å². The Morgan fingerprint density at radius 3 is 2.62 bits per heavy atom. The fourth-order valence-corrected chi connectivity index (χ4v) is 1.66. The van der Waals surface area contributed by atoms with Crippen LogP contribution in [0.4, 0.5) is 4.39 Å². The first kappa shape index (κ1) is 10.4. The van der Waals surface area contributed by atoms with Crippen LogP contribution < -0.4 is 0 Å². The molecular weight excluding hydrogens is 201 g/mol. The van der Waals surface area contributed by atoms with E-state index in [1.165, 1.54) is 12.1 Å². The van der Waals surface area contributed by atoms with Crippen LogP contribution in [0.5, 0.6) is 0 Å². The molecule has 0 spiro atoms. The molecule has 0 atom stereocenters. The summed E-state index contributed by atoms with van der Waals surface area (Å²) >= 11 is 0. The van der Waals surface area contributed by atoms with Gasteiger partial charge in [-0.3, -0.25) is 0 Å². The molecule has 0 aliphatic heterocycles. The molecule has 2 heteroatoms. The number of aryl methyl sites for hydroxylation is 1. The predicted molar refractivity (Wildman–Crippen MR) is 61.3 cm³/mol. The number of halogens is 1. The molecule has 0 saturated carbocycles. The van der Waals surface area contributed by atoms with E-state index in [4.69, 9.17) is 5.26 Å². The zero-order valence-corrected chi connectivity index (χ0v) is 8.87. The first-order valence-corrected chi connectivity index (χ1v) is 4.97. The molecule has 0 aromatic heterocycles. The Morgan fingerprint density at radius 1 is 1.12 bits per heavy atom. The maximum absolute atomic E-state index is 13.1. The summed E-state index contributed by atoms with van der Waals surface area (Å²) in [5, 5.41) is 9.03. The van der Waals surface area contributed by atoms with Crippen LogP contribution in [-0.2, 0) is 0 Å². The number of hydrogen-bond acceptors (Lipinski definition) is 1. The number of benzene rings is 2. The average molecular weight is 211 g/mol. The highest BCUT2D eigenvalue weighted by atomic mass is 19.1. The Balaban J connectivity index is 2.61. The fourth-order valence-electron chi connectivity index (χ4n) is 1.66. The van der Waals surface area contributed by atoms with Crippen LogP contribution in [0.15, 0.2) is 42.5 Å². The molecule has 78 valence electrons. The maximum Gasteiger partial charge on any atom is 0.123 e. The minimum Gasteiger partial charge on any atom is -0.207 e. The Bertz CT molecular complexity index is 567. The van der Waals surface area contributed by atoms with Gasteiger partial charge in [0.25, 0.3) is 0 Å². The molecule has 0 radical (unpaired) electrons. The highest BCUT2D eigenvalue weighted by Gasteiger charge is 2.05. The first-order chi connectivity index (χ1) is 7.70. The lowest BCUT2D eigenvalue weighted by Crippen LogP contribution is -1.86. The van der Waals surface area contributed by atoms with Crippen molar-refractivity contribution >= 4 is 0 Å². The highest BCUT2D eigenvalue weighted by molar-refractivity contribution is 5.70. The van der Waals surface area contributed by atoms with Gasteiger partial charge in [-0.1, -0.05) is 24.3 Å². The molecule has 2 rings (SSSR count). The van der Waals surface area contributed by atoms with E-state index < -0.39 is 0 Å². The van der Waals surface area contributed by atoms with E-state index in [9.17, 15) is 4.39 Å². The van der Waals surface area contributed by atoms with Gasteiger partial charge in [0.1, 0.15) is 5.82 Å². The largest absolute Gasteiger partial charge is 0.207 e. The van der Waals surface area contributed by atoms with Gasteiger partial charge >= 0.3 is 0 Å². The third-order valence-corrected chi connectivity index (χ3v) is 2.43. The zero-order chi connectivity index (χ0) is 11.5. The van der Waals surface area contributed by atoms with E-state index in [2.05, 4.69) is 6.07 Å². The van der Waals surface area contributed by atoms with E-state index >= 15 is 0 Å². The van der Waals surface area contributed by atoms with Crippen molar-refractivity contribution in [2.24, 2.45) is 0 Å². The third-order valence-electron chi connectivity index (χ3n) is 2.43. The minimum absolute atomic E-state index is 0.290. The summed E-state index contributed by atoms with van der Waals surface area (Å²) in [5.41, 5.74) is 3.10. The standard InChI is InChI=1S/C14H10FN/c1-10-5-6-14(12(7-10)9-16)11-3-2-4-13(15)8-11/h2-8H,1H3. The second-order valence-corrected chi connectivity index (χ2v) is 3.67. The number of nitriles is 1. The molecule has 2 aromatic rings. The monoisotopic (exact) mass is 211 g/mol. The van der Waals surface area contributed by atoms with Crippen molar-refractivity contribution < 1.29 is 4.39 Å². The summed E-state index contributed by atoms with van der Waals surface area (Å²) < 4.78 is 13.1. The molecule has 0 aliphatic carbocycles. The lowest BCUT2D eigenvalue weighted by Gasteiger charge is -2.05. The van der Waals surface area contributed by atoms with E-state index in [1.807, 2.05) is 19.1 Å². The molecular formula is C14H10FN. The molecule has 0 N–H and O–H groups in total. The van der Waals surface area contributed by atoms with Gasteiger partial charge in [0, 0.05) is 0 Å². The van der Waals surface area contributed by atoms with Crippen molar-refractivity contribution in [3.63, 3.8) is 0 Å². The van der Waals surface area contributed by atoms with E-state index in [1.54, 1.807) is 18.2 Å². The second kappa shape index (κ2) is 4.16. The molecule has 0 saturated heterocycles. The van der Waals surface area contributed by atoms with Gasteiger partial charge < -0.3 is 0 Å². The normalized spacial score (nSPS) is 9.81. The van der Waals surface area contributed by atoms with Gasteiger partial charge in [0.2, 0.25) is 0 Å². The number of nitrogens with zero attached hydrogens (tertiary/aromatic N) is 1. The Kier molecular flexibility index (Phi) is 2.70. The Morgan fingerprint density at radius 2 is 1.94 bits per heavy atom. The smallest absolute Gasteiger partial charge is 0.123 e. The van der Waals surface area contributed by atoms with Gasteiger partial charge in [0.05, 0.1) is 11.6 Å². The SMILES string of the molecule is Cc1ccc(-c2cccc(F)c2)c(C#N)c1. The summed E-state index contributed by atoms with van der Waals surface area (Å²) in [6.07, 6.45) is 0. The molecule has 1 nitrogen and oxygen atoms in total. The second-order valence-electron chi connectivity index (χ2n) is 3.67. The van der Waals surface area contributed by atoms with E-state index in [0.29, 0.717) is 5.56 Å². The van der Waals surface area contributed by atoms with Gasteiger partial charge in [-0.25, -0.2) is 4.39 Å². The van der Waals surface area contributed by atoms with E-state index in [0.717, 1.165) is 16.7 Å². The molecule has 0 aliphatic rings. The van der Waals surface area contributed by atoms with Crippen LogP contribution >= 0.6 is 0 Å². The Labute approximate surface area is 93.8 Å². The molecule has 0 heterocycles. The zero-order valence-electron chi connectivity index (χ0n) is 8.87. The van der Waals surface area contributed by atoms with Gasteiger partial charge in [-0.2, -0.15) is 5.26 Å². The quantitative estimate of drug-likeness (QED) is 0.706. The van der Waals surface area contributed by atoms with Crippen LogP contribution in [0.25, 0.3) is 11.1 Å². The maximum atomic E-state index is 13.1. The van der Waals surface area contributed by atoms with Gasteiger partial charge in [-0.05, 0) is 41.8 Å². The summed E-state index contributed by atoms with van der Waals surface area (Å²) in [6, 6.07) is 14.0. The predicted octanol–water partition coefficient (Wildman–Crippen LogP) is 3.67. The average Bonchev–Trinajstić information content (AvgIpc) is 2.28. The van der Waals surface area contributed by atoms with Crippen molar-refractivity contribution in [2.45, 2.75) is 6.92 Å². The summed E-state index contributed by atoms with van der Waals surface area (Å²) in [5.74, 6) is -0.290. The molecule has 0 fully saturated rings.